The molecule has 0 spiro atoms. The van der Waals surface area contributed by atoms with Gasteiger partial charge in [-0.1, -0.05) is 53.5 Å². The van der Waals surface area contributed by atoms with E-state index in [0.717, 1.165) is 30.1 Å². The lowest BCUT2D eigenvalue weighted by atomic mass is 10.1. The van der Waals surface area contributed by atoms with Crippen LogP contribution in [0.15, 0.2) is 52.4 Å². The summed E-state index contributed by atoms with van der Waals surface area (Å²) in [5.74, 6) is 0.733. The summed E-state index contributed by atoms with van der Waals surface area (Å²) in [4.78, 5) is 18.5. The van der Waals surface area contributed by atoms with Crippen LogP contribution in [0.3, 0.4) is 0 Å². The molecule has 0 aromatic heterocycles. The fourth-order valence-electron chi connectivity index (χ4n) is 3.44. The summed E-state index contributed by atoms with van der Waals surface area (Å²) < 4.78 is 24.9. The van der Waals surface area contributed by atoms with E-state index in [1.54, 1.807) is 24.1 Å². The van der Waals surface area contributed by atoms with Crippen molar-refractivity contribution in [2.45, 2.75) is 24.2 Å². The standard InChI is InChI=1S/C23H28Cl2N4O3S.ClH/c1-29(15-3-12-26-16-33(31,32)20-5-2-4-19(24)22(20)25)21(30)11-8-17-6-9-18(10-7-17)23-27-13-14-28-23;/h2,4-7,9-10,26H,3,8,11-16H2,1H3,(H,27,28);1H. The molecule has 1 aliphatic heterocycles. The number of carbonyl (C=O) groups excluding carboxylic acids is 1. The van der Waals surface area contributed by atoms with Crippen molar-refractivity contribution in [1.82, 2.24) is 15.5 Å². The molecule has 0 saturated heterocycles. The van der Waals surface area contributed by atoms with E-state index in [-0.39, 0.29) is 39.1 Å². The Labute approximate surface area is 217 Å². The Bertz CT molecular complexity index is 1110. The van der Waals surface area contributed by atoms with Gasteiger partial charge < -0.3 is 15.5 Å². The minimum Gasteiger partial charge on any atom is -0.368 e. The summed E-state index contributed by atoms with van der Waals surface area (Å²) >= 11 is 11.9. The molecule has 1 heterocycles. The fraction of sp³-hybridized carbons (Fsp3) is 0.391. The number of hydrogen-bond donors (Lipinski definition) is 2. The van der Waals surface area contributed by atoms with Crippen LogP contribution in [0.4, 0.5) is 0 Å². The van der Waals surface area contributed by atoms with Crippen molar-refractivity contribution >= 4 is 57.2 Å². The molecular weight excluding hydrogens is 519 g/mol. The Hall–Kier alpha value is -1.84. The summed E-state index contributed by atoms with van der Waals surface area (Å²) in [6.07, 6.45) is 1.72. The maximum atomic E-state index is 12.4. The zero-order valence-corrected chi connectivity index (χ0v) is 22.0. The van der Waals surface area contributed by atoms with Crippen molar-refractivity contribution < 1.29 is 13.2 Å². The lowest BCUT2D eigenvalue weighted by molar-refractivity contribution is -0.129. The Morgan fingerprint density at radius 3 is 2.59 bits per heavy atom. The highest BCUT2D eigenvalue weighted by atomic mass is 35.5. The van der Waals surface area contributed by atoms with Crippen LogP contribution < -0.4 is 10.6 Å². The maximum Gasteiger partial charge on any atom is 0.222 e. The predicted octanol–water partition coefficient (Wildman–Crippen LogP) is 3.57. The van der Waals surface area contributed by atoms with Crippen LogP contribution in [-0.2, 0) is 21.1 Å². The van der Waals surface area contributed by atoms with E-state index >= 15 is 0 Å². The zero-order chi connectivity index (χ0) is 23.8. The number of amidine groups is 1. The smallest absolute Gasteiger partial charge is 0.222 e. The second kappa shape index (κ2) is 13.3. The summed E-state index contributed by atoms with van der Waals surface area (Å²) in [7, 11) is -1.84. The van der Waals surface area contributed by atoms with Crippen LogP contribution in [0.1, 0.15) is 24.0 Å². The summed E-state index contributed by atoms with van der Waals surface area (Å²) in [5.41, 5.74) is 2.16. The number of nitrogens with one attached hydrogen (secondary N) is 2. The molecule has 2 aromatic rings. The highest BCUT2D eigenvalue weighted by Crippen LogP contribution is 2.29. The molecule has 0 fully saturated rings. The molecule has 1 amide bonds. The number of benzene rings is 2. The van der Waals surface area contributed by atoms with Crippen LogP contribution in [0.5, 0.6) is 0 Å². The van der Waals surface area contributed by atoms with Gasteiger partial charge in [0.05, 0.1) is 21.5 Å². The molecular formula is C23H29Cl3N4O3S. The lowest BCUT2D eigenvalue weighted by Crippen LogP contribution is -2.31. The number of hydrogen-bond acceptors (Lipinski definition) is 6. The minimum absolute atomic E-state index is 0. The Morgan fingerprint density at radius 1 is 1.18 bits per heavy atom. The van der Waals surface area contributed by atoms with E-state index in [4.69, 9.17) is 23.2 Å². The zero-order valence-electron chi connectivity index (χ0n) is 18.9. The second-order valence-electron chi connectivity index (χ2n) is 7.83. The van der Waals surface area contributed by atoms with Crippen LogP contribution in [0.2, 0.25) is 10.0 Å². The minimum atomic E-state index is -3.60. The highest BCUT2D eigenvalue weighted by molar-refractivity contribution is 7.91. The lowest BCUT2D eigenvalue weighted by Gasteiger charge is -2.17. The normalized spacial score (nSPS) is 13.1. The van der Waals surface area contributed by atoms with Crippen LogP contribution in [0.25, 0.3) is 0 Å². The first-order valence-electron chi connectivity index (χ1n) is 10.8. The Kier molecular flexibility index (Phi) is 11.1. The molecule has 0 bridgehead atoms. The van der Waals surface area contributed by atoms with Gasteiger partial charge >= 0.3 is 0 Å². The molecule has 34 heavy (non-hydrogen) atoms. The van der Waals surface area contributed by atoms with E-state index in [1.165, 1.54) is 6.07 Å². The van der Waals surface area contributed by atoms with E-state index in [2.05, 4.69) is 15.6 Å². The number of aryl methyl sites for hydroxylation is 1. The van der Waals surface area contributed by atoms with E-state index in [9.17, 15) is 13.2 Å². The molecule has 11 heteroatoms. The second-order valence-corrected chi connectivity index (χ2v) is 10.6. The monoisotopic (exact) mass is 546 g/mol. The summed E-state index contributed by atoms with van der Waals surface area (Å²) in [6.45, 7) is 2.67. The number of nitrogens with zero attached hydrogens (tertiary/aromatic N) is 2. The molecule has 0 aliphatic carbocycles. The van der Waals surface area contributed by atoms with Crippen LogP contribution >= 0.6 is 35.6 Å². The van der Waals surface area contributed by atoms with Gasteiger partial charge in [0, 0.05) is 32.1 Å². The van der Waals surface area contributed by atoms with E-state index in [1.807, 2.05) is 24.3 Å². The van der Waals surface area contributed by atoms with Gasteiger partial charge in [0.1, 0.15) is 11.7 Å². The van der Waals surface area contributed by atoms with Gasteiger partial charge in [-0.25, -0.2) is 8.42 Å². The summed E-state index contributed by atoms with van der Waals surface area (Å²) in [5, 5.41) is 6.39. The molecule has 7 nitrogen and oxygen atoms in total. The molecule has 2 aromatic carbocycles. The first-order valence-corrected chi connectivity index (χ1v) is 13.2. The average Bonchev–Trinajstić information content (AvgIpc) is 3.34. The van der Waals surface area contributed by atoms with Crippen molar-refractivity contribution in [3.8, 4) is 0 Å². The SMILES string of the molecule is CN(CCCNCS(=O)(=O)c1cccc(Cl)c1Cl)C(=O)CCc1ccc(C2=NCCN2)cc1.Cl. The fourth-order valence-corrected chi connectivity index (χ4v) is 5.38. The number of carbonyl (C=O) groups is 1. The molecule has 3 rings (SSSR count). The van der Waals surface area contributed by atoms with Crippen molar-refractivity contribution in [2.75, 3.05) is 39.1 Å². The molecule has 0 saturated carbocycles. The first-order chi connectivity index (χ1) is 15.8. The first kappa shape index (κ1) is 28.4. The quantitative estimate of drug-likeness (QED) is 0.420. The molecule has 186 valence electrons. The molecule has 0 unspecified atom stereocenters. The van der Waals surface area contributed by atoms with Gasteiger partial charge in [0.25, 0.3) is 0 Å². The summed E-state index contributed by atoms with van der Waals surface area (Å²) in [6, 6.07) is 12.6. The van der Waals surface area contributed by atoms with E-state index in [0.29, 0.717) is 32.4 Å². The number of sulfone groups is 1. The average molecular weight is 548 g/mol. The number of halogens is 3. The largest absolute Gasteiger partial charge is 0.368 e. The Morgan fingerprint density at radius 2 is 1.91 bits per heavy atom. The third-order valence-electron chi connectivity index (χ3n) is 5.35. The third-order valence-corrected chi connectivity index (χ3v) is 7.87. The Balaban J connectivity index is 0.00000408. The molecule has 0 radical (unpaired) electrons. The number of aliphatic imine (C=N–C) groups is 1. The number of amides is 1. The van der Waals surface area contributed by atoms with E-state index < -0.39 is 9.84 Å². The molecule has 1 aliphatic rings. The van der Waals surface area contributed by atoms with Gasteiger partial charge in [-0.05, 0) is 37.1 Å². The number of rotatable bonds is 11. The van der Waals surface area contributed by atoms with Gasteiger partial charge in [0.2, 0.25) is 5.91 Å². The van der Waals surface area contributed by atoms with Crippen LogP contribution in [0, 0.1) is 0 Å². The van der Waals surface area contributed by atoms with Gasteiger partial charge in [-0.15, -0.1) is 12.4 Å². The maximum absolute atomic E-state index is 12.4. The molecule has 2 N–H and O–H groups in total. The topological polar surface area (TPSA) is 90.9 Å². The van der Waals surface area contributed by atoms with Gasteiger partial charge in [-0.2, -0.15) is 0 Å². The van der Waals surface area contributed by atoms with Gasteiger partial charge in [-0.3, -0.25) is 9.79 Å². The van der Waals surface area contributed by atoms with Crippen molar-refractivity contribution in [2.24, 2.45) is 4.99 Å². The molecule has 0 atom stereocenters. The third kappa shape index (κ3) is 7.85. The van der Waals surface area contributed by atoms with Crippen molar-refractivity contribution in [3.63, 3.8) is 0 Å². The predicted molar refractivity (Wildman–Crippen MR) is 140 cm³/mol. The highest BCUT2D eigenvalue weighted by Gasteiger charge is 2.19. The van der Waals surface area contributed by atoms with Crippen molar-refractivity contribution in [3.05, 3.63) is 63.6 Å². The van der Waals surface area contributed by atoms with Crippen LogP contribution in [-0.4, -0.2) is 64.2 Å². The van der Waals surface area contributed by atoms with Gasteiger partial charge in [0.15, 0.2) is 9.84 Å². The van der Waals surface area contributed by atoms with Crippen molar-refractivity contribution in [1.29, 1.82) is 0 Å².